The Balaban J connectivity index is 1.99. The Kier molecular flexibility index (Phi) is 6.15. The first-order valence-corrected chi connectivity index (χ1v) is 8.24. The minimum Gasteiger partial charge on any atom is -0.380 e. The highest BCUT2D eigenvalue weighted by atomic mass is 16.5. The molecule has 7 heteroatoms. The smallest absolute Gasteiger partial charge is 0.330 e. The maximum absolute atomic E-state index is 12.0. The Labute approximate surface area is 137 Å². The van der Waals surface area contributed by atoms with Gasteiger partial charge >= 0.3 is 5.69 Å². The Bertz CT molecular complexity index is 637. The largest absolute Gasteiger partial charge is 0.380 e. The van der Waals surface area contributed by atoms with E-state index in [0.717, 1.165) is 49.7 Å². The lowest BCUT2D eigenvalue weighted by molar-refractivity contribution is 0.0457. The number of hydrogen-bond donors (Lipinski definition) is 0. The van der Waals surface area contributed by atoms with Gasteiger partial charge in [0.15, 0.2) is 0 Å². The van der Waals surface area contributed by atoms with Crippen molar-refractivity contribution < 1.29 is 4.74 Å². The van der Waals surface area contributed by atoms with Gasteiger partial charge in [-0.05, 0) is 13.8 Å². The zero-order valence-electron chi connectivity index (χ0n) is 14.6. The summed E-state index contributed by atoms with van der Waals surface area (Å²) in [7, 11) is 3.23. The molecule has 0 radical (unpaired) electrons. The molecular weight excluding hydrogens is 296 g/mol. The van der Waals surface area contributed by atoms with Crippen molar-refractivity contribution in [2.45, 2.75) is 26.4 Å². The summed E-state index contributed by atoms with van der Waals surface area (Å²) in [6, 6.07) is 2.00. The Morgan fingerprint density at radius 2 is 1.96 bits per heavy atom. The summed E-state index contributed by atoms with van der Waals surface area (Å²) in [5.41, 5.74) is 0.260. The van der Waals surface area contributed by atoms with Crippen LogP contribution in [0.3, 0.4) is 0 Å². The van der Waals surface area contributed by atoms with Crippen LogP contribution in [0.15, 0.2) is 15.7 Å². The molecule has 1 aliphatic heterocycles. The van der Waals surface area contributed by atoms with Crippen LogP contribution in [-0.4, -0.2) is 64.4 Å². The highest BCUT2D eigenvalue weighted by Crippen LogP contribution is 2.11. The molecule has 1 aromatic rings. The average Bonchev–Trinajstić information content (AvgIpc) is 2.53. The van der Waals surface area contributed by atoms with E-state index in [0.29, 0.717) is 12.6 Å². The highest BCUT2D eigenvalue weighted by Gasteiger charge is 2.24. The molecule has 0 saturated carbocycles. The van der Waals surface area contributed by atoms with Crippen molar-refractivity contribution in [1.82, 2.24) is 18.9 Å². The molecule has 1 atom stereocenters. The fourth-order valence-electron chi connectivity index (χ4n) is 3.03. The first-order valence-electron chi connectivity index (χ1n) is 8.24. The van der Waals surface area contributed by atoms with Gasteiger partial charge in [0.2, 0.25) is 0 Å². The second-order valence-corrected chi connectivity index (χ2v) is 6.19. The van der Waals surface area contributed by atoms with Crippen molar-refractivity contribution in [1.29, 1.82) is 0 Å². The summed E-state index contributed by atoms with van der Waals surface area (Å²) in [5, 5.41) is 0. The van der Waals surface area contributed by atoms with Gasteiger partial charge in [0.1, 0.15) is 0 Å². The van der Waals surface area contributed by atoms with Gasteiger partial charge in [0.25, 0.3) is 5.56 Å². The van der Waals surface area contributed by atoms with Gasteiger partial charge in [-0.3, -0.25) is 23.7 Å². The molecule has 1 aromatic heterocycles. The minimum absolute atomic E-state index is 0.244. The van der Waals surface area contributed by atoms with E-state index in [2.05, 4.69) is 16.7 Å². The van der Waals surface area contributed by atoms with Gasteiger partial charge in [-0.25, -0.2) is 4.79 Å². The van der Waals surface area contributed by atoms with E-state index in [9.17, 15) is 9.59 Å². The van der Waals surface area contributed by atoms with Crippen molar-refractivity contribution >= 4 is 0 Å². The number of nitrogens with zero attached hydrogens (tertiary/aromatic N) is 4. The van der Waals surface area contributed by atoms with Gasteiger partial charge in [0.05, 0.1) is 6.61 Å². The molecule has 0 aliphatic carbocycles. The number of piperazine rings is 1. The molecule has 1 fully saturated rings. The predicted octanol–water partition coefficient (Wildman–Crippen LogP) is -0.373. The quantitative estimate of drug-likeness (QED) is 0.668. The van der Waals surface area contributed by atoms with Gasteiger partial charge in [-0.2, -0.15) is 0 Å². The fraction of sp³-hybridized carbons (Fsp3) is 0.750. The van der Waals surface area contributed by atoms with Crippen molar-refractivity contribution in [3.8, 4) is 0 Å². The van der Waals surface area contributed by atoms with Gasteiger partial charge in [-0.15, -0.1) is 0 Å². The van der Waals surface area contributed by atoms with Crippen LogP contribution in [0.2, 0.25) is 0 Å². The fourth-order valence-corrected chi connectivity index (χ4v) is 3.03. The third-order valence-electron chi connectivity index (χ3n) is 4.59. The van der Waals surface area contributed by atoms with E-state index in [1.807, 2.05) is 6.92 Å². The van der Waals surface area contributed by atoms with E-state index in [1.165, 1.54) is 7.05 Å². The number of rotatable bonds is 6. The lowest BCUT2D eigenvalue weighted by atomic mass is 10.2. The maximum Gasteiger partial charge on any atom is 0.330 e. The van der Waals surface area contributed by atoms with Crippen LogP contribution < -0.4 is 11.2 Å². The number of hydrogen-bond acceptors (Lipinski definition) is 5. The van der Waals surface area contributed by atoms with E-state index in [-0.39, 0.29) is 11.2 Å². The molecule has 7 nitrogen and oxygen atoms in total. The van der Waals surface area contributed by atoms with Gasteiger partial charge in [-0.1, -0.05) is 0 Å². The van der Waals surface area contributed by atoms with Crippen LogP contribution in [0.25, 0.3) is 0 Å². The molecule has 0 unspecified atom stereocenters. The van der Waals surface area contributed by atoms with Crippen LogP contribution >= 0.6 is 0 Å². The Morgan fingerprint density at radius 3 is 2.61 bits per heavy atom. The van der Waals surface area contributed by atoms with Crippen LogP contribution in [0, 0.1) is 0 Å². The molecule has 23 heavy (non-hydrogen) atoms. The first-order chi connectivity index (χ1) is 10.9. The molecule has 1 aliphatic rings. The van der Waals surface area contributed by atoms with Crippen LogP contribution in [-0.2, 0) is 25.4 Å². The summed E-state index contributed by atoms with van der Waals surface area (Å²) in [4.78, 5) is 28.6. The Morgan fingerprint density at radius 1 is 1.22 bits per heavy atom. The zero-order chi connectivity index (χ0) is 17.0. The lowest BCUT2D eigenvalue weighted by Crippen LogP contribution is -2.52. The Hall–Kier alpha value is -1.44. The molecule has 0 spiro atoms. The second-order valence-electron chi connectivity index (χ2n) is 6.19. The molecule has 0 aromatic carbocycles. The summed E-state index contributed by atoms with van der Waals surface area (Å²) in [6.07, 6.45) is 0. The molecule has 130 valence electrons. The van der Waals surface area contributed by atoms with Crippen molar-refractivity contribution in [2.75, 3.05) is 39.4 Å². The second kappa shape index (κ2) is 7.90. The summed E-state index contributed by atoms with van der Waals surface area (Å²) in [5.74, 6) is 0. The predicted molar refractivity (Wildman–Crippen MR) is 89.7 cm³/mol. The van der Waals surface area contributed by atoms with Gasteiger partial charge < -0.3 is 4.74 Å². The number of ether oxygens (including phenoxy) is 1. The third kappa shape index (κ3) is 4.31. The topological polar surface area (TPSA) is 59.7 Å². The zero-order valence-corrected chi connectivity index (χ0v) is 14.6. The van der Waals surface area contributed by atoms with Crippen molar-refractivity contribution in [3.05, 3.63) is 32.6 Å². The monoisotopic (exact) mass is 324 g/mol. The molecule has 0 bridgehead atoms. The average molecular weight is 324 g/mol. The van der Waals surface area contributed by atoms with E-state index < -0.39 is 0 Å². The van der Waals surface area contributed by atoms with E-state index >= 15 is 0 Å². The van der Waals surface area contributed by atoms with Gasteiger partial charge in [0, 0.05) is 71.2 Å². The van der Waals surface area contributed by atoms with E-state index in [1.54, 1.807) is 17.7 Å². The summed E-state index contributed by atoms with van der Waals surface area (Å²) >= 11 is 0. The van der Waals surface area contributed by atoms with Crippen LogP contribution in [0.4, 0.5) is 0 Å². The highest BCUT2D eigenvalue weighted by molar-refractivity contribution is 5.02. The molecular formula is C16H28N4O3. The molecule has 2 heterocycles. The van der Waals surface area contributed by atoms with Crippen LogP contribution in [0.5, 0.6) is 0 Å². The summed E-state index contributed by atoms with van der Waals surface area (Å²) < 4.78 is 8.13. The normalized spacial score (nSPS) is 20.1. The van der Waals surface area contributed by atoms with Crippen LogP contribution in [0.1, 0.15) is 19.5 Å². The first kappa shape index (κ1) is 17.9. The molecule has 0 N–H and O–H groups in total. The number of aromatic nitrogens is 2. The lowest BCUT2D eigenvalue weighted by Gasteiger charge is -2.39. The standard InChI is InChI=1S/C16H28N4O3/c1-5-23-9-8-20-7-6-19(11-13(20)2)12-14-10-15(21)18(4)16(22)17(14)3/h10,13H,5-9,11-12H2,1-4H3/t13-/m1/s1. The maximum atomic E-state index is 12.0. The van der Waals surface area contributed by atoms with Crippen molar-refractivity contribution in [2.24, 2.45) is 14.1 Å². The molecule has 1 saturated heterocycles. The molecule has 0 amide bonds. The molecule has 2 rings (SSSR count). The SMILES string of the molecule is CCOCCN1CCN(Cc2cc(=O)n(C)c(=O)n2C)C[C@H]1C. The third-order valence-corrected chi connectivity index (χ3v) is 4.59. The van der Waals surface area contributed by atoms with Crippen molar-refractivity contribution in [3.63, 3.8) is 0 Å². The summed E-state index contributed by atoms with van der Waals surface area (Å²) in [6.45, 7) is 10.2. The minimum atomic E-state index is -0.268. The van der Waals surface area contributed by atoms with E-state index in [4.69, 9.17) is 4.74 Å².